The molecule has 0 radical (unpaired) electrons. The molecule has 2 aromatic rings. The molecule has 3 N–H and O–H groups in total. The van der Waals surface area contributed by atoms with Gasteiger partial charge in [0.2, 0.25) is 0 Å². The van der Waals surface area contributed by atoms with Crippen molar-refractivity contribution in [1.29, 1.82) is 0 Å². The number of benzene rings is 1. The molecule has 1 heterocycles. The number of hydrogen-bond donors (Lipinski definition) is 2. The molecule has 4 nitrogen and oxygen atoms in total. The largest absolute Gasteiger partial charge is 0.477 e. The Balaban J connectivity index is 0.00000112. The lowest BCUT2D eigenvalue weighted by Crippen LogP contribution is -1.99. The van der Waals surface area contributed by atoms with Crippen LogP contribution in [0.1, 0.15) is 17.9 Å². The molecule has 0 unspecified atom stereocenters. The average Bonchev–Trinajstić information content (AvgIpc) is 2.16. The highest BCUT2D eigenvalue weighted by Gasteiger charge is 2.04. The Labute approximate surface area is 87.4 Å². The highest BCUT2D eigenvalue weighted by molar-refractivity contribution is 5.90. The van der Waals surface area contributed by atoms with Gasteiger partial charge in [-0.15, -0.1) is 0 Å². The molecule has 0 fully saturated rings. The molecular weight excluding hydrogens is 192 g/mol. The Kier molecular flexibility index (Phi) is 2.90. The maximum atomic E-state index is 10.6. The van der Waals surface area contributed by atoms with Gasteiger partial charge in [0.15, 0.2) is 0 Å². The van der Waals surface area contributed by atoms with Crippen LogP contribution in [0.15, 0.2) is 30.3 Å². The number of nitrogens with two attached hydrogens (primary N) is 1. The molecule has 0 saturated heterocycles. The van der Waals surface area contributed by atoms with Gasteiger partial charge in [-0.25, -0.2) is 9.78 Å². The first-order valence-corrected chi connectivity index (χ1v) is 4.06. The first-order valence-electron chi connectivity index (χ1n) is 4.06. The quantitative estimate of drug-likeness (QED) is 0.698. The zero-order valence-electron chi connectivity index (χ0n) is 7.27. The van der Waals surface area contributed by atoms with E-state index in [2.05, 4.69) is 4.98 Å². The highest BCUT2D eigenvalue weighted by atomic mass is 16.4. The van der Waals surface area contributed by atoms with E-state index in [9.17, 15) is 4.79 Å². The number of carboxylic acids is 1. The van der Waals surface area contributed by atoms with Gasteiger partial charge >= 0.3 is 5.97 Å². The van der Waals surface area contributed by atoms with Gasteiger partial charge < -0.3 is 10.8 Å². The summed E-state index contributed by atoms with van der Waals surface area (Å²) in [5.41, 5.74) is 6.77. The number of carboxylic acid groups (broad SMARTS) is 1. The lowest BCUT2D eigenvalue weighted by atomic mass is 10.2. The predicted molar refractivity (Wildman–Crippen MR) is 59.8 cm³/mol. The molecule has 0 aliphatic heterocycles. The fraction of sp³-hybridized carbons (Fsp3) is 0.0909. The maximum Gasteiger partial charge on any atom is 0.354 e. The molecule has 0 spiro atoms. The summed E-state index contributed by atoms with van der Waals surface area (Å²) in [6.45, 7) is 0. The van der Waals surface area contributed by atoms with E-state index in [0.717, 1.165) is 5.39 Å². The molecule has 2 rings (SSSR count). The minimum atomic E-state index is -1.03. The number of pyridine rings is 1. The topological polar surface area (TPSA) is 76.2 Å². The van der Waals surface area contributed by atoms with Crippen molar-refractivity contribution in [1.82, 2.24) is 4.98 Å². The maximum absolute atomic E-state index is 10.6. The second-order valence-electron chi connectivity index (χ2n) is 2.95. The van der Waals surface area contributed by atoms with Crippen LogP contribution in [-0.2, 0) is 0 Å². The summed E-state index contributed by atoms with van der Waals surface area (Å²) >= 11 is 0. The van der Waals surface area contributed by atoms with Gasteiger partial charge in [-0.3, -0.25) is 0 Å². The van der Waals surface area contributed by atoms with E-state index in [1.165, 1.54) is 6.07 Å². The fourth-order valence-corrected chi connectivity index (χ4v) is 1.25. The molecule has 0 aliphatic carbocycles. The first-order chi connectivity index (χ1) is 6.66. The Hall–Kier alpha value is -2.10. The summed E-state index contributed by atoms with van der Waals surface area (Å²) in [7, 11) is 0. The zero-order valence-corrected chi connectivity index (χ0v) is 7.27. The number of carbonyl (C=O) groups is 1. The average molecular weight is 204 g/mol. The third-order valence-electron chi connectivity index (χ3n) is 1.94. The van der Waals surface area contributed by atoms with E-state index in [4.69, 9.17) is 10.8 Å². The van der Waals surface area contributed by atoms with Crippen molar-refractivity contribution in [3.05, 3.63) is 36.0 Å². The fourth-order valence-electron chi connectivity index (χ4n) is 1.25. The molecule has 78 valence electrons. The second kappa shape index (κ2) is 3.96. The van der Waals surface area contributed by atoms with Crippen LogP contribution in [0.2, 0.25) is 0 Å². The van der Waals surface area contributed by atoms with E-state index >= 15 is 0 Å². The lowest BCUT2D eigenvalue weighted by Gasteiger charge is -1.99. The molecule has 15 heavy (non-hydrogen) atoms. The van der Waals surface area contributed by atoms with Crippen molar-refractivity contribution in [2.24, 2.45) is 0 Å². The van der Waals surface area contributed by atoms with Crippen molar-refractivity contribution in [2.75, 3.05) is 5.73 Å². The van der Waals surface area contributed by atoms with Crippen LogP contribution < -0.4 is 5.73 Å². The lowest BCUT2D eigenvalue weighted by molar-refractivity contribution is 0.0691. The standard InChI is InChI=1S/C10H8N2O2.CH4/c11-7-3-1-6-2-4-8(10(13)14)12-9(6)5-7;/h1-5H,11H2,(H,13,14);1H4. The van der Waals surface area contributed by atoms with E-state index in [1.54, 1.807) is 18.2 Å². The van der Waals surface area contributed by atoms with Crippen molar-refractivity contribution >= 4 is 22.6 Å². The second-order valence-corrected chi connectivity index (χ2v) is 2.95. The molecule has 0 atom stereocenters. The summed E-state index contributed by atoms with van der Waals surface area (Å²) in [4.78, 5) is 14.6. The van der Waals surface area contributed by atoms with Crippen LogP contribution >= 0.6 is 0 Å². The molecule has 0 saturated carbocycles. The van der Waals surface area contributed by atoms with Crippen LogP contribution in [0.4, 0.5) is 5.69 Å². The summed E-state index contributed by atoms with van der Waals surface area (Å²) in [5, 5.41) is 9.60. The van der Waals surface area contributed by atoms with Gasteiger partial charge in [0, 0.05) is 11.1 Å². The summed E-state index contributed by atoms with van der Waals surface area (Å²) in [5.74, 6) is -1.03. The third-order valence-corrected chi connectivity index (χ3v) is 1.94. The Bertz CT molecular complexity index is 509. The van der Waals surface area contributed by atoms with Crippen LogP contribution in [-0.4, -0.2) is 16.1 Å². The van der Waals surface area contributed by atoms with Gasteiger partial charge in [-0.1, -0.05) is 19.6 Å². The number of anilines is 1. The molecule has 4 heteroatoms. The van der Waals surface area contributed by atoms with E-state index in [0.29, 0.717) is 11.2 Å². The smallest absolute Gasteiger partial charge is 0.354 e. The number of nitrogen functional groups attached to an aromatic ring is 1. The Morgan fingerprint density at radius 2 is 1.93 bits per heavy atom. The molecular formula is C11H12N2O2. The van der Waals surface area contributed by atoms with Gasteiger partial charge in [0.25, 0.3) is 0 Å². The molecule has 0 bridgehead atoms. The minimum absolute atomic E-state index is 0. The van der Waals surface area contributed by atoms with E-state index < -0.39 is 5.97 Å². The number of nitrogens with zero attached hydrogens (tertiary/aromatic N) is 1. The highest BCUT2D eigenvalue weighted by Crippen LogP contribution is 2.15. The Morgan fingerprint density at radius 3 is 2.60 bits per heavy atom. The van der Waals surface area contributed by atoms with Crippen molar-refractivity contribution < 1.29 is 9.90 Å². The van der Waals surface area contributed by atoms with E-state index in [-0.39, 0.29) is 13.1 Å². The van der Waals surface area contributed by atoms with Gasteiger partial charge in [-0.05, 0) is 18.2 Å². The summed E-state index contributed by atoms with van der Waals surface area (Å²) in [6, 6.07) is 8.40. The number of aromatic carboxylic acids is 1. The van der Waals surface area contributed by atoms with Crippen molar-refractivity contribution in [2.45, 2.75) is 7.43 Å². The zero-order chi connectivity index (χ0) is 10.1. The SMILES string of the molecule is C.Nc1ccc2ccc(C(=O)O)nc2c1. The molecule has 0 aliphatic rings. The first kappa shape index (κ1) is 11.0. The Morgan fingerprint density at radius 1 is 1.27 bits per heavy atom. The molecule has 0 amide bonds. The number of fused-ring (bicyclic) bond motifs is 1. The van der Waals surface area contributed by atoms with Crippen LogP contribution in [0.3, 0.4) is 0 Å². The van der Waals surface area contributed by atoms with Crippen molar-refractivity contribution in [3.63, 3.8) is 0 Å². The molecule has 1 aromatic carbocycles. The number of hydrogen-bond acceptors (Lipinski definition) is 3. The monoisotopic (exact) mass is 204 g/mol. The summed E-state index contributed by atoms with van der Waals surface area (Å²) in [6.07, 6.45) is 0. The number of rotatable bonds is 1. The summed E-state index contributed by atoms with van der Waals surface area (Å²) < 4.78 is 0. The van der Waals surface area contributed by atoms with Gasteiger partial charge in [0.1, 0.15) is 5.69 Å². The predicted octanol–water partition coefficient (Wildman–Crippen LogP) is 2.15. The van der Waals surface area contributed by atoms with Crippen LogP contribution in [0, 0.1) is 0 Å². The van der Waals surface area contributed by atoms with Crippen LogP contribution in [0.25, 0.3) is 10.9 Å². The molecule has 1 aromatic heterocycles. The van der Waals surface area contributed by atoms with Crippen LogP contribution in [0.5, 0.6) is 0 Å². The van der Waals surface area contributed by atoms with Gasteiger partial charge in [0.05, 0.1) is 5.52 Å². The third kappa shape index (κ3) is 2.04. The minimum Gasteiger partial charge on any atom is -0.477 e. The van der Waals surface area contributed by atoms with Crippen molar-refractivity contribution in [3.8, 4) is 0 Å². The van der Waals surface area contributed by atoms with Gasteiger partial charge in [-0.2, -0.15) is 0 Å². The van der Waals surface area contributed by atoms with E-state index in [1.807, 2.05) is 6.07 Å². The number of aromatic nitrogens is 1. The normalized spacial score (nSPS) is 9.60.